The van der Waals surface area contributed by atoms with E-state index in [4.69, 9.17) is 9.47 Å². The van der Waals surface area contributed by atoms with Gasteiger partial charge in [-0.2, -0.15) is 0 Å². The molecule has 6 nitrogen and oxygen atoms in total. The third kappa shape index (κ3) is 3.62. The van der Waals surface area contributed by atoms with E-state index < -0.39 is 5.97 Å². The first-order chi connectivity index (χ1) is 12.5. The third-order valence-electron chi connectivity index (χ3n) is 3.95. The zero-order valence-electron chi connectivity index (χ0n) is 14.9. The molecule has 3 rings (SSSR count). The molecule has 0 radical (unpaired) electrons. The summed E-state index contributed by atoms with van der Waals surface area (Å²) in [6.07, 6.45) is 1.52. The molecule has 0 bridgehead atoms. The second-order valence-corrected chi connectivity index (χ2v) is 7.08. The Morgan fingerprint density at radius 2 is 1.96 bits per heavy atom. The summed E-state index contributed by atoms with van der Waals surface area (Å²) in [5, 5.41) is 0.485. The van der Waals surface area contributed by atoms with E-state index in [9.17, 15) is 9.59 Å². The van der Waals surface area contributed by atoms with E-state index >= 15 is 0 Å². The van der Waals surface area contributed by atoms with Crippen molar-refractivity contribution in [1.29, 1.82) is 0 Å². The van der Waals surface area contributed by atoms with E-state index in [0.29, 0.717) is 20.7 Å². The molecular weight excluding hydrogens is 352 g/mol. The maximum absolute atomic E-state index is 12.6. The highest BCUT2D eigenvalue weighted by molar-refractivity contribution is 7.20. The van der Waals surface area contributed by atoms with Crippen LogP contribution in [0.1, 0.15) is 35.1 Å². The maximum Gasteiger partial charge on any atom is 0.348 e. The minimum Gasteiger partial charge on any atom is -0.490 e. The van der Waals surface area contributed by atoms with E-state index in [0.717, 1.165) is 5.75 Å². The van der Waals surface area contributed by atoms with Gasteiger partial charge in [-0.1, -0.05) is 18.2 Å². The number of benzene rings is 1. The SMILES string of the molecule is Cc1c(C(=O)OCCOc2ccccc2)sc2ncn(C(C)C)c(=O)c12. The smallest absolute Gasteiger partial charge is 0.348 e. The zero-order valence-corrected chi connectivity index (χ0v) is 15.7. The fourth-order valence-corrected chi connectivity index (χ4v) is 3.61. The van der Waals surface area contributed by atoms with Crippen LogP contribution in [0.5, 0.6) is 5.75 Å². The summed E-state index contributed by atoms with van der Waals surface area (Å²) in [4.78, 5) is 30.2. The van der Waals surface area contributed by atoms with Crippen molar-refractivity contribution in [2.75, 3.05) is 13.2 Å². The first-order valence-corrected chi connectivity index (χ1v) is 9.16. The Morgan fingerprint density at radius 3 is 2.65 bits per heavy atom. The van der Waals surface area contributed by atoms with Crippen molar-refractivity contribution >= 4 is 27.5 Å². The van der Waals surface area contributed by atoms with Crippen molar-refractivity contribution in [2.45, 2.75) is 26.8 Å². The number of fused-ring (bicyclic) bond motifs is 1. The first kappa shape index (κ1) is 18.1. The second-order valence-electron chi connectivity index (χ2n) is 6.08. The first-order valence-electron chi connectivity index (χ1n) is 8.34. The van der Waals surface area contributed by atoms with Gasteiger partial charge in [-0.25, -0.2) is 9.78 Å². The zero-order chi connectivity index (χ0) is 18.7. The topological polar surface area (TPSA) is 70.4 Å². The molecule has 2 aromatic heterocycles. The molecular formula is C19H20N2O4S. The van der Waals surface area contributed by atoms with Crippen molar-refractivity contribution in [3.05, 3.63) is 57.5 Å². The van der Waals surface area contributed by atoms with Crippen LogP contribution in [0.4, 0.5) is 0 Å². The molecule has 0 N–H and O–H groups in total. The molecule has 0 aliphatic heterocycles. The van der Waals surface area contributed by atoms with Gasteiger partial charge in [-0.05, 0) is 38.5 Å². The summed E-state index contributed by atoms with van der Waals surface area (Å²) in [5.41, 5.74) is 0.483. The number of aryl methyl sites for hydroxylation is 1. The molecule has 0 aliphatic rings. The number of rotatable bonds is 6. The van der Waals surface area contributed by atoms with Gasteiger partial charge < -0.3 is 9.47 Å². The molecule has 7 heteroatoms. The number of carbonyl (C=O) groups is 1. The summed E-state index contributed by atoms with van der Waals surface area (Å²) in [5.74, 6) is 0.262. The Hall–Kier alpha value is -2.67. The Kier molecular flexibility index (Phi) is 5.37. The van der Waals surface area contributed by atoms with E-state index in [2.05, 4.69) is 4.98 Å². The number of hydrogen-bond donors (Lipinski definition) is 0. The second kappa shape index (κ2) is 7.70. The van der Waals surface area contributed by atoms with Crippen LogP contribution in [0.15, 0.2) is 41.5 Å². The highest BCUT2D eigenvalue weighted by Crippen LogP contribution is 2.27. The number of hydrogen-bond acceptors (Lipinski definition) is 6. The normalized spacial score (nSPS) is 11.1. The van der Waals surface area contributed by atoms with Crippen LogP contribution in [-0.2, 0) is 4.74 Å². The summed E-state index contributed by atoms with van der Waals surface area (Å²) in [6.45, 7) is 5.98. The lowest BCUT2D eigenvalue weighted by atomic mass is 10.2. The molecule has 0 aliphatic carbocycles. The molecule has 1 aromatic carbocycles. The van der Waals surface area contributed by atoms with Crippen LogP contribution in [0.25, 0.3) is 10.2 Å². The van der Waals surface area contributed by atoms with Crippen LogP contribution < -0.4 is 10.3 Å². The molecule has 0 spiro atoms. The van der Waals surface area contributed by atoms with Crippen molar-refractivity contribution in [1.82, 2.24) is 9.55 Å². The Morgan fingerprint density at radius 1 is 1.23 bits per heavy atom. The minimum atomic E-state index is -0.461. The average Bonchev–Trinajstić information content (AvgIpc) is 2.97. The number of para-hydroxylation sites is 1. The molecule has 0 saturated carbocycles. The number of aromatic nitrogens is 2. The quantitative estimate of drug-likeness (QED) is 0.489. The number of esters is 1. The fourth-order valence-electron chi connectivity index (χ4n) is 2.58. The predicted molar refractivity (Wildman–Crippen MR) is 101 cm³/mol. The molecule has 0 saturated heterocycles. The number of nitrogens with zero attached hydrogens (tertiary/aromatic N) is 2. The summed E-state index contributed by atoms with van der Waals surface area (Å²) >= 11 is 1.18. The maximum atomic E-state index is 12.6. The molecule has 26 heavy (non-hydrogen) atoms. The molecule has 0 amide bonds. The lowest BCUT2D eigenvalue weighted by Crippen LogP contribution is -2.22. The molecule has 0 unspecified atom stereocenters. The van der Waals surface area contributed by atoms with Gasteiger partial charge in [0.15, 0.2) is 0 Å². The number of ether oxygens (including phenoxy) is 2. The standard InChI is InChI=1S/C19H20N2O4S/c1-12(2)21-11-20-17-15(18(21)22)13(3)16(26-17)19(23)25-10-9-24-14-7-5-4-6-8-14/h4-8,11-12H,9-10H2,1-3H3. The molecule has 0 atom stereocenters. The van der Waals surface area contributed by atoms with Gasteiger partial charge in [0, 0.05) is 6.04 Å². The minimum absolute atomic E-state index is 0.00392. The number of carbonyl (C=O) groups excluding carboxylic acids is 1. The molecule has 2 heterocycles. The number of thiophene rings is 1. The highest BCUT2D eigenvalue weighted by Gasteiger charge is 2.21. The van der Waals surface area contributed by atoms with Gasteiger partial charge in [0.05, 0.1) is 11.7 Å². The molecule has 136 valence electrons. The third-order valence-corrected chi connectivity index (χ3v) is 5.13. The summed E-state index contributed by atoms with van der Waals surface area (Å²) < 4.78 is 12.4. The average molecular weight is 372 g/mol. The Bertz CT molecular complexity index is 976. The fraction of sp³-hybridized carbons (Fsp3) is 0.316. The Labute approximate surface area is 155 Å². The van der Waals surface area contributed by atoms with Crippen molar-refractivity contribution in [2.24, 2.45) is 0 Å². The Balaban J connectivity index is 1.71. The monoisotopic (exact) mass is 372 g/mol. The van der Waals surface area contributed by atoms with Crippen LogP contribution in [0.2, 0.25) is 0 Å². The van der Waals surface area contributed by atoms with Gasteiger partial charge in [0.25, 0.3) is 5.56 Å². The van der Waals surface area contributed by atoms with Gasteiger partial charge in [0.2, 0.25) is 0 Å². The lowest BCUT2D eigenvalue weighted by molar-refractivity contribution is 0.0455. The van der Waals surface area contributed by atoms with Gasteiger partial charge in [-0.15, -0.1) is 11.3 Å². The van der Waals surface area contributed by atoms with Crippen molar-refractivity contribution in [3.63, 3.8) is 0 Å². The van der Waals surface area contributed by atoms with Crippen molar-refractivity contribution in [3.8, 4) is 5.75 Å². The molecule has 3 aromatic rings. The predicted octanol–water partition coefficient (Wildman–Crippen LogP) is 3.58. The van der Waals surface area contributed by atoms with Crippen LogP contribution in [0, 0.1) is 6.92 Å². The summed E-state index contributed by atoms with van der Waals surface area (Å²) in [6, 6.07) is 9.33. The van der Waals surface area contributed by atoms with Gasteiger partial charge in [-0.3, -0.25) is 9.36 Å². The van der Waals surface area contributed by atoms with Gasteiger partial charge >= 0.3 is 5.97 Å². The van der Waals surface area contributed by atoms with Crippen LogP contribution >= 0.6 is 11.3 Å². The van der Waals surface area contributed by atoms with Crippen molar-refractivity contribution < 1.29 is 14.3 Å². The highest BCUT2D eigenvalue weighted by atomic mass is 32.1. The lowest BCUT2D eigenvalue weighted by Gasteiger charge is -2.08. The van der Waals surface area contributed by atoms with E-state index in [1.165, 1.54) is 17.7 Å². The van der Waals surface area contributed by atoms with E-state index in [-0.39, 0.29) is 24.8 Å². The summed E-state index contributed by atoms with van der Waals surface area (Å²) in [7, 11) is 0. The van der Waals surface area contributed by atoms with Gasteiger partial charge in [0.1, 0.15) is 28.7 Å². The van der Waals surface area contributed by atoms with E-state index in [1.54, 1.807) is 11.5 Å². The van der Waals surface area contributed by atoms with Crippen LogP contribution in [0.3, 0.4) is 0 Å². The largest absolute Gasteiger partial charge is 0.490 e. The molecule has 0 fully saturated rings. The van der Waals surface area contributed by atoms with E-state index in [1.807, 2.05) is 44.2 Å². The van der Waals surface area contributed by atoms with Crippen LogP contribution in [-0.4, -0.2) is 28.7 Å².